The molecule has 0 radical (unpaired) electrons. The Bertz CT molecular complexity index is 412. The van der Waals surface area contributed by atoms with E-state index in [-0.39, 0.29) is 12.5 Å². The molecule has 1 heterocycles. The lowest BCUT2D eigenvalue weighted by Gasteiger charge is -2.15. The number of nitrogens with one attached hydrogen (secondary N) is 2. The van der Waals surface area contributed by atoms with E-state index in [0.717, 1.165) is 30.8 Å². The standard InChI is InChI=1S/C11H19N5O3S/c1-2-3-8(4-5-9(17)18)6-7-12-10(19)13-11-14-15-16-20-11/h8H,2-7H2,1H3,(H,17,18)(H2,12,13,14,16,19). The van der Waals surface area contributed by atoms with E-state index in [1.807, 2.05) is 0 Å². The van der Waals surface area contributed by atoms with Gasteiger partial charge in [-0.05, 0) is 24.0 Å². The Morgan fingerprint density at radius 2 is 2.15 bits per heavy atom. The van der Waals surface area contributed by atoms with Crippen LogP contribution < -0.4 is 10.6 Å². The molecule has 0 spiro atoms. The summed E-state index contributed by atoms with van der Waals surface area (Å²) in [5, 5.41) is 21.2. The molecule has 112 valence electrons. The van der Waals surface area contributed by atoms with Crippen molar-refractivity contribution in [1.82, 2.24) is 20.1 Å². The number of carboxylic acids is 1. The highest BCUT2D eigenvalue weighted by Gasteiger charge is 2.11. The van der Waals surface area contributed by atoms with Gasteiger partial charge in [-0.15, -0.1) is 0 Å². The van der Waals surface area contributed by atoms with Crippen molar-refractivity contribution in [3.05, 3.63) is 0 Å². The van der Waals surface area contributed by atoms with Crippen molar-refractivity contribution >= 4 is 28.7 Å². The van der Waals surface area contributed by atoms with Gasteiger partial charge in [-0.2, -0.15) is 0 Å². The number of aromatic nitrogens is 3. The minimum absolute atomic E-state index is 0.174. The molecule has 1 aromatic heterocycles. The SMILES string of the molecule is CCCC(CCNC(=O)Nc1nnns1)CCC(=O)O. The van der Waals surface area contributed by atoms with Gasteiger partial charge in [0.1, 0.15) is 0 Å². The molecule has 1 rings (SSSR count). The summed E-state index contributed by atoms with van der Waals surface area (Å²) >= 11 is 1.00. The minimum atomic E-state index is -0.777. The van der Waals surface area contributed by atoms with E-state index >= 15 is 0 Å². The molecule has 1 atom stereocenters. The van der Waals surface area contributed by atoms with E-state index in [1.54, 1.807) is 0 Å². The molecule has 0 saturated carbocycles. The number of hydrogen-bond acceptors (Lipinski definition) is 6. The molecule has 0 aliphatic rings. The van der Waals surface area contributed by atoms with Gasteiger partial charge >= 0.3 is 12.0 Å². The quantitative estimate of drug-likeness (QED) is 0.639. The molecular formula is C11H19N5O3S. The van der Waals surface area contributed by atoms with E-state index in [1.165, 1.54) is 0 Å². The molecule has 0 saturated heterocycles. The average Bonchev–Trinajstić information content (AvgIpc) is 2.88. The molecule has 2 amide bonds. The highest BCUT2D eigenvalue weighted by Crippen LogP contribution is 2.17. The highest BCUT2D eigenvalue weighted by molar-refractivity contribution is 7.09. The molecule has 0 fully saturated rings. The molecule has 3 N–H and O–H groups in total. The number of amides is 2. The Labute approximate surface area is 121 Å². The number of carboxylic acid groups (broad SMARTS) is 1. The number of aliphatic carboxylic acids is 1. The Morgan fingerprint density at radius 1 is 1.35 bits per heavy atom. The van der Waals surface area contributed by atoms with Crippen LogP contribution in [-0.2, 0) is 4.79 Å². The molecule has 20 heavy (non-hydrogen) atoms. The van der Waals surface area contributed by atoms with Crippen LogP contribution >= 0.6 is 11.5 Å². The smallest absolute Gasteiger partial charge is 0.321 e. The second-order valence-electron chi connectivity index (χ2n) is 4.42. The molecule has 8 nitrogen and oxygen atoms in total. The minimum Gasteiger partial charge on any atom is -0.481 e. The van der Waals surface area contributed by atoms with Crippen LogP contribution in [0.4, 0.5) is 9.93 Å². The van der Waals surface area contributed by atoms with Gasteiger partial charge in [0.05, 0.1) is 0 Å². The van der Waals surface area contributed by atoms with Gasteiger partial charge in [0, 0.05) is 24.5 Å². The Balaban J connectivity index is 2.21. The van der Waals surface area contributed by atoms with Crippen molar-refractivity contribution in [1.29, 1.82) is 0 Å². The third-order valence-electron chi connectivity index (χ3n) is 2.82. The van der Waals surface area contributed by atoms with Crippen LogP contribution in [0, 0.1) is 5.92 Å². The summed E-state index contributed by atoms with van der Waals surface area (Å²) in [5.74, 6) is -0.458. The number of carbonyl (C=O) groups is 2. The predicted molar refractivity (Wildman–Crippen MR) is 74.6 cm³/mol. The summed E-state index contributed by atoms with van der Waals surface area (Å²) in [4.78, 5) is 22.1. The molecule has 1 unspecified atom stereocenters. The molecule has 9 heteroatoms. The maximum Gasteiger partial charge on any atom is 0.321 e. The van der Waals surface area contributed by atoms with Gasteiger partial charge in [0.15, 0.2) is 0 Å². The number of anilines is 1. The number of urea groups is 1. The maximum atomic E-state index is 11.5. The normalized spacial score (nSPS) is 11.8. The second-order valence-corrected chi connectivity index (χ2v) is 5.16. The van der Waals surface area contributed by atoms with Crippen molar-refractivity contribution in [3.63, 3.8) is 0 Å². The predicted octanol–water partition coefficient (Wildman–Crippen LogP) is 1.73. The van der Waals surface area contributed by atoms with E-state index in [9.17, 15) is 9.59 Å². The summed E-state index contributed by atoms with van der Waals surface area (Å²) < 4.78 is 3.53. The fraction of sp³-hybridized carbons (Fsp3) is 0.727. The first-order valence-corrected chi connectivity index (χ1v) is 7.30. The monoisotopic (exact) mass is 301 g/mol. The third-order valence-corrected chi connectivity index (χ3v) is 3.33. The van der Waals surface area contributed by atoms with Gasteiger partial charge in [-0.1, -0.05) is 29.4 Å². The van der Waals surface area contributed by atoms with Gasteiger partial charge in [-0.25, -0.2) is 4.79 Å². The van der Waals surface area contributed by atoms with E-state index in [0.29, 0.717) is 24.0 Å². The van der Waals surface area contributed by atoms with Crippen LogP contribution in [0.2, 0.25) is 0 Å². The van der Waals surface area contributed by atoms with Crippen LogP contribution in [0.15, 0.2) is 0 Å². The van der Waals surface area contributed by atoms with Crippen LogP contribution in [0.5, 0.6) is 0 Å². The molecule has 0 aromatic carbocycles. The van der Waals surface area contributed by atoms with Crippen molar-refractivity contribution in [2.45, 2.75) is 39.0 Å². The van der Waals surface area contributed by atoms with Crippen molar-refractivity contribution in [2.24, 2.45) is 5.92 Å². The molecule has 0 aliphatic carbocycles. The maximum absolute atomic E-state index is 11.5. The van der Waals surface area contributed by atoms with Gasteiger partial charge in [0.25, 0.3) is 0 Å². The topological polar surface area (TPSA) is 117 Å². The lowest BCUT2D eigenvalue weighted by molar-refractivity contribution is -0.137. The first-order valence-electron chi connectivity index (χ1n) is 6.53. The lowest BCUT2D eigenvalue weighted by atomic mass is 9.94. The number of nitrogens with zero attached hydrogens (tertiary/aromatic N) is 3. The summed E-state index contributed by atoms with van der Waals surface area (Å²) in [7, 11) is 0. The summed E-state index contributed by atoms with van der Waals surface area (Å²) in [5.41, 5.74) is 0. The molecular weight excluding hydrogens is 282 g/mol. The largest absolute Gasteiger partial charge is 0.481 e. The first kappa shape index (κ1) is 16.3. The zero-order valence-corrected chi connectivity index (χ0v) is 12.2. The van der Waals surface area contributed by atoms with E-state index < -0.39 is 5.97 Å². The molecule has 0 bridgehead atoms. The zero-order chi connectivity index (χ0) is 14.8. The second kappa shape index (κ2) is 9.18. The van der Waals surface area contributed by atoms with Crippen LogP contribution in [0.25, 0.3) is 0 Å². The Morgan fingerprint density at radius 3 is 2.75 bits per heavy atom. The summed E-state index contributed by atoms with van der Waals surface area (Å²) in [6.45, 7) is 2.57. The zero-order valence-electron chi connectivity index (χ0n) is 11.3. The molecule has 1 aromatic rings. The van der Waals surface area contributed by atoms with Gasteiger partial charge in [0.2, 0.25) is 5.13 Å². The van der Waals surface area contributed by atoms with Crippen molar-refractivity contribution < 1.29 is 14.7 Å². The highest BCUT2D eigenvalue weighted by atomic mass is 32.1. The average molecular weight is 301 g/mol. The summed E-state index contributed by atoms with van der Waals surface area (Å²) in [6.07, 6.45) is 3.56. The van der Waals surface area contributed by atoms with E-state index in [2.05, 4.69) is 32.4 Å². The van der Waals surface area contributed by atoms with Crippen LogP contribution in [-0.4, -0.2) is 38.5 Å². The summed E-state index contributed by atoms with van der Waals surface area (Å²) in [6, 6.07) is -0.350. The number of carbonyl (C=O) groups excluding carboxylic acids is 1. The van der Waals surface area contributed by atoms with Crippen LogP contribution in [0.1, 0.15) is 39.0 Å². The molecule has 0 aliphatic heterocycles. The fourth-order valence-electron chi connectivity index (χ4n) is 1.88. The number of rotatable bonds is 9. The first-order chi connectivity index (χ1) is 9.61. The fourth-order valence-corrected chi connectivity index (χ4v) is 2.24. The Hall–Kier alpha value is -1.77. The van der Waals surface area contributed by atoms with Crippen LogP contribution in [0.3, 0.4) is 0 Å². The third kappa shape index (κ3) is 6.98. The Kier molecular flexibility index (Phi) is 7.48. The lowest BCUT2D eigenvalue weighted by Crippen LogP contribution is -2.30. The van der Waals surface area contributed by atoms with E-state index in [4.69, 9.17) is 5.11 Å². The number of hydrogen-bond donors (Lipinski definition) is 3. The van der Waals surface area contributed by atoms with Crippen molar-refractivity contribution in [3.8, 4) is 0 Å². The van der Waals surface area contributed by atoms with Crippen molar-refractivity contribution in [2.75, 3.05) is 11.9 Å². The van der Waals surface area contributed by atoms with Gasteiger partial charge in [-0.3, -0.25) is 10.1 Å². The van der Waals surface area contributed by atoms with Gasteiger partial charge < -0.3 is 10.4 Å².